The predicted molar refractivity (Wildman–Crippen MR) is 118 cm³/mol. The maximum absolute atomic E-state index is 13.2. The van der Waals surface area contributed by atoms with Crippen molar-refractivity contribution in [2.45, 2.75) is 15.8 Å². The molecule has 4 rings (SSSR count). The molecule has 2 aromatic heterocycles. The third kappa shape index (κ3) is 3.74. The zero-order chi connectivity index (χ0) is 19.7. The van der Waals surface area contributed by atoms with Crippen LogP contribution in [0.15, 0.2) is 68.8 Å². The summed E-state index contributed by atoms with van der Waals surface area (Å²) in [5.41, 5.74) is 2.74. The second-order valence-electron chi connectivity index (χ2n) is 6.23. The van der Waals surface area contributed by atoms with E-state index in [9.17, 15) is 9.18 Å². The van der Waals surface area contributed by atoms with Crippen LogP contribution in [0, 0.1) is 5.82 Å². The lowest BCUT2D eigenvalue weighted by Gasteiger charge is -2.08. The maximum Gasteiger partial charge on any atom is 0.263 e. The number of hydrogen-bond acceptors (Lipinski definition) is 5. The van der Waals surface area contributed by atoms with Crippen LogP contribution in [-0.4, -0.2) is 15.8 Å². The van der Waals surface area contributed by atoms with Crippen molar-refractivity contribution in [1.29, 1.82) is 0 Å². The molecule has 0 fully saturated rings. The number of benzene rings is 2. The van der Waals surface area contributed by atoms with Crippen LogP contribution < -0.4 is 5.56 Å². The first-order chi connectivity index (χ1) is 13.6. The van der Waals surface area contributed by atoms with E-state index in [1.807, 2.05) is 5.38 Å². The number of halogens is 1. The highest BCUT2D eigenvalue weighted by molar-refractivity contribution is 7.98. The van der Waals surface area contributed by atoms with Gasteiger partial charge in [-0.05, 0) is 41.6 Å². The molecular formula is C21H17FN2OS3. The fourth-order valence-corrected chi connectivity index (χ4v) is 5.22. The largest absolute Gasteiger partial charge is 0.290 e. The van der Waals surface area contributed by atoms with Crippen LogP contribution in [-0.2, 0) is 12.8 Å². The molecule has 0 bridgehead atoms. The Morgan fingerprint density at radius 1 is 1.11 bits per heavy atom. The van der Waals surface area contributed by atoms with Crippen LogP contribution >= 0.6 is 34.9 Å². The summed E-state index contributed by atoms with van der Waals surface area (Å²) >= 11 is 4.71. The molecule has 7 heteroatoms. The molecule has 0 aliphatic carbocycles. The minimum absolute atomic E-state index is 0.0780. The van der Waals surface area contributed by atoms with Crippen molar-refractivity contribution in [1.82, 2.24) is 9.55 Å². The highest BCUT2D eigenvalue weighted by Gasteiger charge is 2.16. The van der Waals surface area contributed by atoms with Crippen molar-refractivity contribution >= 4 is 45.1 Å². The Kier molecular flexibility index (Phi) is 5.57. The van der Waals surface area contributed by atoms with Crippen molar-refractivity contribution in [3.63, 3.8) is 0 Å². The van der Waals surface area contributed by atoms with Crippen LogP contribution in [0.5, 0.6) is 0 Å². The van der Waals surface area contributed by atoms with Gasteiger partial charge >= 0.3 is 0 Å². The van der Waals surface area contributed by atoms with E-state index in [0.29, 0.717) is 15.4 Å². The highest BCUT2D eigenvalue weighted by atomic mass is 32.2. The summed E-state index contributed by atoms with van der Waals surface area (Å²) in [5.74, 6) is 0.454. The highest BCUT2D eigenvalue weighted by Crippen LogP contribution is 2.32. The van der Waals surface area contributed by atoms with Crippen LogP contribution in [0.3, 0.4) is 0 Å². The molecule has 0 unspecified atom stereocenters. The van der Waals surface area contributed by atoms with Crippen molar-refractivity contribution in [3.8, 4) is 11.1 Å². The van der Waals surface area contributed by atoms with Crippen LogP contribution in [0.2, 0.25) is 0 Å². The van der Waals surface area contributed by atoms with Gasteiger partial charge in [0.15, 0.2) is 5.16 Å². The van der Waals surface area contributed by atoms with Gasteiger partial charge in [0.1, 0.15) is 10.6 Å². The monoisotopic (exact) mass is 428 g/mol. The van der Waals surface area contributed by atoms with Crippen molar-refractivity contribution in [3.05, 3.63) is 75.6 Å². The molecule has 0 aliphatic rings. The fraction of sp³-hybridized carbons (Fsp3) is 0.143. The van der Waals surface area contributed by atoms with Crippen LogP contribution in [0.4, 0.5) is 4.39 Å². The average molecular weight is 429 g/mol. The van der Waals surface area contributed by atoms with E-state index in [0.717, 1.165) is 16.9 Å². The molecule has 0 aliphatic heterocycles. The van der Waals surface area contributed by atoms with E-state index in [-0.39, 0.29) is 11.4 Å². The third-order valence-corrected chi connectivity index (χ3v) is 7.17. The van der Waals surface area contributed by atoms with Gasteiger partial charge in [-0.3, -0.25) is 9.36 Å². The summed E-state index contributed by atoms with van der Waals surface area (Å²) in [5, 5.41) is 3.20. The molecule has 0 radical (unpaired) electrons. The SMILES string of the molecule is CSc1ccc(CSc2nc3scc(-c4ccc(F)cc4)c3c(=O)n2C)cc1. The first-order valence-electron chi connectivity index (χ1n) is 8.56. The van der Waals surface area contributed by atoms with Gasteiger partial charge in [-0.2, -0.15) is 0 Å². The second kappa shape index (κ2) is 8.11. The van der Waals surface area contributed by atoms with Gasteiger partial charge < -0.3 is 0 Å². The fourth-order valence-electron chi connectivity index (χ4n) is 2.89. The molecule has 0 spiro atoms. The van der Waals surface area contributed by atoms with Crippen molar-refractivity contribution in [2.24, 2.45) is 7.05 Å². The standard InChI is InChI=1S/C21H17FN2OS3/c1-24-20(25)18-17(14-5-7-15(22)8-6-14)12-27-19(18)23-21(24)28-11-13-3-9-16(26-2)10-4-13/h3-10,12H,11H2,1-2H3. The third-order valence-electron chi connectivity index (χ3n) is 4.46. The van der Waals surface area contributed by atoms with E-state index in [4.69, 9.17) is 4.98 Å². The lowest BCUT2D eigenvalue weighted by molar-refractivity contribution is 0.628. The minimum atomic E-state index is -0.293. The molecule has 0 amide bonds. The molecule has 0 N–H and O–H groups in total. The Morgan fingerprint density at radius 3 is 2.50 bits per heavy atom. The molecule has 0 saturated heterocycles. The Bertz CT molecular complexity index is 1180. The van der Waals surface area contributed by atoms with Gasteiger partial charge in [0.25, 0.3) is 5.56 Å². The average Bonchev–Trinajstić information content (AvgIpc) is 3.14. The van der Waals surface area contributed by atoms with Gasteiger partial charge in [0.2, 0.25) is 0 Å². The van der Waals surface area contributed by atoms with E-state index < -0.39 is 0 Å². The normalized spacial score (nSPS) is 11.2. The number of fused-ring (bicyclic) bond motifs is 1. The number of thiophene rings is 1. The summed E-state index contributed by atoms with van der Waals surface area (Å²) in [4.78, 5) is 19.7. The van der Waals surface area contributed by atoms with E-state index in [1.54, 1.807) is 47.3 Å². The second-order valence-corrected chi connectivity index (χ2v) is 8.91. The maximum atomic E-state index is 13.2. The van der Waals surface area contributed by atoms with E-state index in [2.05, 4.69) is 30.5 Å². The van der Waals surface area contributed by atoms with E-state index in [1.165, 1.54) is 33.9 Å². The minimum Gasteiger partial charge on any atom is -0.290 e. The molecule has 142 valence electrons. The summed E-state index contributed by atoms with van der Waals surface area (Å²) in [6.45, 7) is 0. The Hall–Kier alpha value is -2.09. The molecule has 3 nitrogen and oxygen atoms in total. The van der Waals surface area contributed by atoms with Gasteiger partial charge in [0, 0.05) is 28.6 Å². The lowest BCUT2D eigenvalue weighted by atomic mass is 10.1. The number of hydrogen-bond donors (Lipinski definition) is 0. The molecule has 4 aromatic rings. The van der Waals surface area contributed by atoms with Crippen LogP contribution in [0.1, 0.15) is 5.56 Å². The Balaban J connectivity index is 1.66. The molecule has 2 aromatic carbocycles. The first-order valence-corrected chi connectivity index (χ1v) is 11.7. The molecule has 0 atom stereocenters. The first kappa shape index (κ1) is 19.2. The van der Waals surface area contributed by atoms with Gasteiger partial charge in [-0.1, -0.05) is 36.0 Å². The number of aromatic nitrogens is 2. The molecular weight excluding hydrogens is 411 g/mol. The Labute approximate surface area is 174 Å². The predicted octanol–water partition coefficient (Wildman–Crippen LogP) is 5.82. The van der Waals surface area contributed by atoms with Crippen molar-refractivity contribution < 1.29 is 4.39 Å². The molecule has 2 heterocycles. The van der Waals surface area contributed by atoms with Crippen molar-refractivity contribution in [2.75, 3.05) is 6.26 Å². The van der Waals surface area contributed by atoms with Gasteiger partial charge in [0.05, 0.1) is 5.39 Å². The topological polar surface area (TPSA) is 34.9 Å². The van der Waals surface area contributed by atoms with Crippen LogP contribution in [0.25, 0.3) is 21.3 Å². The number of nitrogens with zero attached hydrogens (tertiary/aromatic N) is 2. The van der Waals surface area contributed by atoms with Gasteiger partial charge in [-0.15, -0.1) is 23.1 Å². The number of thioether (sulfide) groups is 2. The molecule has 0 saturated carbocycles. The van der Waals surface area contributed by atoms with Gasteiger partial charge in [-0.25, -0.2) is 9.37 Å². The smallest absolute Gasteiger partial charge is 0.263 e. The lowest BCUT2D eigenvalue weighted by Crippen LogP contribution is -2.19. The number of rotatable bonds is 5. The quantitative estimate of drug-likeness (QED) is 0.297. The Morgan fingerprint density at radius 2 is 1.82 bits per heavy atom. The summed E-state index contributed by atoms with van der Waals surface area (Å²) < 4.78 is 14.8. The summed E-state index contributed by atoms with van der Waals surface area (Å²) in [6.07, 6.45) is 2.06. The summed E-state index contributed by atoms with van der Waals surface area (Å²) in [6, 6.07) is 14.6. The molecule has 28 heavy (non-hydrogen) atoms. The van der Waals surface area contributed by atoms with E-state index >= 15 is 0 Å². The zero-order valence-corrected chi connectivity index (χ0v) is 17.8. The zero-order valence-electron chi connectivity index (χ0n) is 15.3. The summed E-state index contributed by atoms with van der Waals surface area (Å²) in [7, 11) is 1.75.